The average molecular weight is 445 g/mol. The van der Waals surface area contributed by atoms with Gasteiger partial charge in [-0.25, -0.2) is 0 Å². The highest BCUT2D eigenvalue weighted by Crippen LogP contribution is 2.33. The third-order valence-corrected chi connectivity index (χ3v) is 6.91. The molecule has 3 aromatic rings. The highest BCUT2D eigenvalue weighted by Gasteiger charge is 2.31. The van der Waals surface area contributed by atoms with Crippen LogP contribution in [-0.2, 0) is 15.5 Å². The van der Waals surface area contributed by atoms with Crippen molar-refractivity contribution in [3.8, 4) is 5.75 Å². The second-order valence-corrected chi connectivity index (χ2v) is 9.43. The summed E-state index contributed by atoms with van der Waals surface area (Å²) in [6.45, 7) is 4.19. The summed E-state index contributed by atoms with van der Waals surface area (Å²) in [6.07, 6.45) is 2.69. The Bertz CT molecular complexity index is 1380. The topological polar surface area (TPSA) is 96.8 Å². The Kier molecular flexibility index (Phi) is 5.38. The van der Waals surface area contributed by atoms with E-state index in [-0.39, 0.29) is 32.9 Å². The van der Waals surface area contributed by atoms with Gasteiger partial charge in [0.25, 0.3) is 5.78 Å². The molecule has 4 rings (SSSR count). The summed E-state index contributed by atoms with van der Waals surface area (Å²) in [7, 11) is -4.21. The van der Waals surface area contributed by atoms with Crippen LogP contribution in [0.3, 0.4) is 0 Å². The van der Waals surface area contributed by atoms with Crippen molar-refractivity contribution in [2.45, 2.75) is 24.2 Å². The van der Waals surface area contributed by atoms with Gasteiger partial charge < -0.3 is 9.71 Å². The van der Waals surface area contributed by atoms with Crippen LogP contribution >= 0.6 is 0 Å². The van der Waals surface area contributed by atoms with E-state index < -0.39 is 15.9 Å². The van der Waals surface area contributed by atoms with E-state index in [1.165, 1.54) is 30.4 Å². The van der Waals surface area contributed by atoms with Gasteiger partial charge in [0.15, 0.2) is 0 Å². The summed E-state index contributed by atoms with van der Waals surface area (Å²) in [4.78, 5) is 15.2. The van der Waals surface area contributed by atoms with Gasteiger partial charge in [-0.15, -0.1) is 0 Å². The first kappa shape index (κ1) is 21.4. The Morgan fingerprint density at radius 3 is 2.16 bits per heavy atom. The Morgan fingerprint density at radius 2 is 1.50 bits per heavy atom. The lowest BCUT2D eigenvalue weighted by Crippen LogP contribution is -2.21. The molecule has 0 amide bonds. The average Bonchev–Trinajstić information content (AvgIpc) is 2.80. The van der Waals surface area contributed by atoms with E-state index >= 15 is 0 Å². The van der Waals surface area contributed by atoms with Gasteiger partial charge in [0.2, 0.25) is 0 Å². The van der Waals surface area contributed by atoms with Gasteiger partial charge in [0.1, 0.15) is 10.6 Å². The minimum atomic E-state index is -4.21. The second-order valence-electron chi connectivity index (χ2n) is 7.92. The SMILES string of the molecule is CC(C)(c1ccccc1)c1ccc(OS(=O)(=O)c2cccc3c2C=CC(=[N+]=[N-])C3=O)cc1. The molecule has 1 aliphatic rings. The third-order valence-electron chi connectivity index (χ3n) is 5.61. The van der Waals surface area contributed by atoms with Crippen LogP contribution in [0, 0.1) is 0 Å². The number of carbonyl (C=O) groups excluding carboxylic acids is 1. The number of Topliss-reactive ketones (excluding diaryl/α,β-unsaturated/α-hetero) is 1. The van der Waals surface area contributed by atoms with E-state index in [0.717, 1.165) is 11.1 Å². The van der Waals surface area contributed by atoms with E-state index in [9.17, 15) is 13.2 Å². The molecule has 0 fully saturated rings. The van der Waals surface area contributed by atoms with Crippen molar-refractivity contribution in [3.63, 3.8) is 0 Å². The van der Waals surface area contributed by atoms with Gasteiger partial charge >= 0.3 is 15.8 Å². The second kappa shape index (κ2) is 8.04. The van der Waals surface area contributed by atoms with E-state index in [1.807, 2.05) is 30.3 Å². The van der Waals surface area contributed by atoms with Gasteiger partial charge in [-0.05, 0) is 35.4 Å². The van der Waals surface area contributed by atoms with Crippen LogP contribution in [0.15, 0.2) is 83.8 Å². The molecule has 0 radical (unpaired) electrons. The molecule has 0 heterocycles. The number of hydrogen-bond donors (Lipinski definition) is 0. The summed E-state index contributed by atoms with van der Waals surface area (Å²) in [5.74, 6) is -0.395. The van der Waals surface area contributed by atoms with Crippen molar-refractivity contribution in [1.29, 1.82) is 0 Å². The van der Waals surface area contributed by atoms with Gasteiger partial charge in [-0.3, -0.25) is 4.79 Å². The summed E-state index contributed by atoms with van der Waals surface area (Å²) in [5, 5.41) is 0. The number of fused-ring (bicyclic) bond motifs is 1. The van der Waals surface area contributed by atoms with Crippen LogP contribution in [-0.4, -0.2) is 24.7 Å². The zero-order chi connectivity index (χ0) is 22.9. The number of hydrogen-bond acceptors (Lipinski definition) is 4. The van der Waals surface area contributed by atoms with Crippen molar-refractivity contribution in [2.75, 3.05) is 0 Å². The zero-order valence-electron chi connectivity index (χ0n) is 17.5. The van der Waals surface area contributed by atoms with Crippen LogP contribution in [0.4, 0.5) is 0 Å². The van der Waals surface area contributed by atoms with Crippen molar-refractivity contribution in [1.82, 2.24) is 0 Å². The highest BCUT2D eigenvalue weighted by molar-refractivity contribution is 7.87. The molecule has 0 aromatic heterocycles. The van der Waals surface area contributed by atoms with Crippen LogP contribution in [0.2, 0.25) is 0 Å². The Morgan fingerprint density at radius 1 is 0.844 bits per heavy atom. The minimum absolute atomic E-state index is 0.130. The predicted octanol–water partition coefficient (Wildman–Crippen LogP) is 4.66. The summed E-state index contributed by atoms with van der Waals surface area (Å²) in [6, 6.07) is 21.2. The van der Waals surface area contributed by atoms with Gasteiger partial charge in [-0.1, -0.05) is 68.4 Å². The first-order chi connectivity index (χ1) is 15.2. The van der Waals surface area contributed by atoms with Crippen LogP contribution in [0.1, 0.15) is 40.9 Å². The zero-order valence-corrected chi connectivity index (χ0v) is 18.3. The molecule has 0 N–H and O–H groups in total. The Balaban J connectivity index is 1.64. The van der Waals surface area contributed by atoms with Crippen molar-refractivity contribution in [3.05, 3.63) is 107 Å². The lowest BCUT2D eigenvalue weighted by Gasteiger charge is -2.26. The summed E-state index contributed by atoms with van der Waals surface area (Å²) >= 11 is 0. The molecule has 0 atom stereocenters. The number of carbonyl (C=O) groups is 1. The molecule has 160 valence electrons. The Labute approximate surface area is 186 Å². The lowest BCUT2D eigenvalue weighted by atomic mass is 9.78. The minimum Gasteiger partial charge on any atom is -0.379 e. The van der Waals surface area contributed by atoms with Crippen LogP contribution < -0.4 is 4.18 Å². The van der Waals surface area contributed by atoms with E-state index in [4.69, 9.17) is 9.71 Å². The van der Waals surface area contributed by atoms with Gasteiger partial charge in [0.05, 0.1) is 0 Å². The number of ketones is 1. The fourth-order valence-corrected chi connectivity index (χ4v) is 4.85. The number of nitrogens with zero attached hydrogens (tertiary/aromatic N) is 2. The van der Waals surface area contributed by atoms with Crippen molar-refractivity contribution in [2.24, 2.45) is 0 Å². The molecular formula is C25H20N2O4S. The molecule has 32 heavy (non-hydrogen) atoms. The molecule has 6 nitrogen and oxygen atoms in total. The lowest BCUT2D eigenvalue weighted by molar-refractivity contribution is -0.00436. The normalized spacial score (nSPS) is 13.4. The monoisotopic (exact) mass is 444 g/mol. The molecule has 7 heteroatoms. The molecule has 3 aromatic carbocycles. The predicted molar refractivity (Wildman–Crippen MR) is 121 cm³/mol. The maximum absolute atomic E-state index is 13.0. The van der Waals surface area contributed by atoms with Crippen LogP contribution in [0.25, 0.3) is 11.6 Å². The summed E-state index contributed by atoms with van der Waals surface area (Å²) in [5.41, 5.74) is 11.0. The van der Waals surface area contributed by atoms with Gasteiger partial charge in [-0.2, -0.15) is 13.2 Å². The molecule has 0 saturated carbocycles. The van der Waals surface area contributed by atoms with E-state index in [0.29, 0.717) is 0 Å². The number of benzene rings is 3. The third kappa shape index (κ3) is 3.80. The number of rotatable bonds is 5. The molecule has 0 bridgehead atoms. The summed E-state index contributed by atoms with van der Waals surface area (Å²) < 4.78 is 31.3. The first-order valence-electron chi connectivity index (χ1n) is 9.92. The van der Waals surface area contributed by atoms with Crippen molar-refractivity contribution >= 4 is 27.7 Å². The van der Waals surface area contributed by atoms with E-state index in [1.54, 1.807) is 12.1 Å². The largest absolute Gasteiger partial charge is 0.379 e. The molecular weight excluding hydrogens is 424 g/mol. The number of allylic oxidation sites excluding steroid dienone is 1. The Hall–Kier alpha value is -3.80. The first-order valence-corrected chi connectivity index (χ1v) is 11.3. The molecule has 0 aliphatic heterocycles. The van der Waals surface area contributed by atoms with Crippen molar-refractivity contribution < 1.29 is 22.2 Å². The van der Waals surface area contributed by atoms with Crippen LogP contribution in [0.5, 0.6) is 5.75 Å². The fraction of sp³-hybridized carbons (Fsp3) is 0.120. The van der Waals surface area contributed by atoms with Gasteiger partial charge in [0, 0.05) is 22.6 Å². The molecule has 0 saturated heterocycles. The quantitative estimate of drug-likeness (QED) is 0.325. The molecule has 1 aliphatic carbocycles. The molecule has 0 unspecified atom stereocenters. The maximum atomic E-state index is 13.0. The highest BCUT2D eigenvalue weighted by atomic mass is 32.2. The smallest absolute Gasteiger partial charge is 0.362 e. The molecule has 0 spiro atoms. The fourth-order valence-electron chi connectivity index (χ4n) is 3.71. The maximum Gasteiger partial charge on any atom is 0.362 e. The van der Waals surface area contributed by atoms with E-state index in [2.05, 4.69) is 30.8 Å². The standard InChI is InChI=1S/C25H20N2O4S/c1-25(2,17-7-4-3-5-8-17)18-11-13-19(14-12-18)31-32(29,30)23-10-6-9-21-20(23)15-16-22(27-26)24(21)28/h3-16H,1-2H3.